The first-order chi connectivity index (χ1) is 10.4. The Hall–Kier alpha value is -2.15. The van der Waals surface area contributed by atoms with Crippen molar-refractivity contribution >= 4 is 30.1 Å². The Labute approximate surface area is 140 Å². The van der Waals surface area contributed by atoms with E-state index in [0.29, 0.717) is 5.69 Å². The van der Waals surface area contributed by atoms with Gasteiger partial charge in [-0.25, -0.2) is 9.59 Å². The van der Waals surface area contributed by atoms with E-state index in [1.165, 1.54) is 37.1 Å². The van der Waals surface area contributed by atoms with E-state index in [1.807, 2.05) is 0 Å². The molecule has 128 valence electrons. The highest BCUT2D eigenvalue weighted by Gasteiger charge is 2.31. The van der Waals surface area contributed by atoms with Crippen molar-refractivity contribution in [2.75, 3.05) is 12.0 Å². The largest absolute Gasteiger partial charge is 0.504 e. The molecular formula is C15H21ClN2O5. The maximum Gasteiger partial charge on any atom is 0.328 e. The van der Waals surface area contributed by atoms with Crippen LogP contribution in [-0.2, 0) is 9.53 Å². The van der Waals surface area contributed by atoms with Crippen LogP contribution in [0.5, 0.6) is 11.5 Å². The summed E-state index contributed by atoms with van der Waals surface area (Å²) in [5.41, 5.74) is 0.296. The van der Waals surface area contributed by atoms with Gasteiger partial charge in [0.25, 0.3) is 0 Å². The Morgan fingerprint density at radius 2 is 1.96 bits per heavy atom. The number of benzene rings is 1. The van der Waals surface area contributed by atoms with Gasteiger partial charge in [-0.05, 0) is 38.3 Å². The molecule has 0 aliphatic heterocycles. The molecule has 1 fully saturated rings. The average Bonchev–Trinajstić information content (AvgIpc) is 2.45. The number of esters is 1. The Morgan fingerprint density at radius 1 is 1.30 bits per heavy atom. The number of nitrogens with one attached hydrogen (secondary N) is 1. The number of rotatable bonds is 4. The first-order valence-electron chi connectivity index (χ1n) is 7.13. The van der Waals surface area contributed by atoms with E-state index in [4.69, 9.17) is 4.74 Å². The van der Waals surface area contributed by atoms with Gasteiger partial charge in [0.15, 0.2) is 11.5 Å². The van der Waals surface area contributed by atoms with Gasteiger partial charge in [-0.2, -0.15) is 0 Å². The quantitative estimate of drug-likeness (QED) is 0.574. The van der Waals surface area contributed by atoms with Crippen molar-refractivity contribution in [1.82, 2.24) is 5.32 Å². The van der Waals surface area contributed by atoms with E-state index in [9.17, 15) is 19.8 Å². The third kappa shape index (κ3) is 4.19. The highest BCUT2D eigenvalue weighted by molar-refractivity contribution is 5.98. The lowest BCUT2D eigenvalue weighted by molar-refractivity contribution is -0.141. The molecule has 1 saturated carbocycles. The maximum absolute atomic E-state index is 12.5. The number of aromatic hydroxyl groups is 2. The first kappa shape index (κ1) is 18.9. The number of ether oxygens (including phenoxy) is 1. The fourth-order valence-corrected chi connectivity index (χ4v) is 2.25. The van der Waals surface area contributed by atoms with Gasteiger partial charge in [0.1, 0.15) is 6.04 Å². The molecule has 0 heterocycles. The van der Waals surface area contributed by atoms with Crippen LogP contribution in [0.15, 0.2) is 18.2 Å². The van der Waals surface area contributed by atoms with Crippen LogP contribution in [0.2, 0.25) is 0 Å². The SMILES string of the molecule is COC(=O)C(C)N(C(=O)NC1CCC1)c1ccc(O)c(O)c1.Cl. The zero-order valence-electron chi connectivity index (χ0n) is 13.0. The predicted octanol–water partition coefficient (Wildman–Crippen LogP) is 2.15. The highest BCUT2D eigenvalue weighted by atomic mass is 35.5. The molecule has 7 nitrogen and oxygen atoms in total. The summed E-state index contributed by atoms with van der Waals surface area (Å²) in [4.78, 5) is 25.5. The Morgan fingerprint density at radius 3 is 2.43 bits per heavy atom. The summed E-state index contributed by atoms with van der Waals surface area (Å²) in [5, 5.41) is 21.9. The number of carbonyl (C=O) groups is 2. The molecule has 1 unspecified atom stereocenters. The van der Waals surface area contributed by atoms with Crippen LogP contribution in [0, 0.1) is 0 Å². The van der Waals surface area contributed by atoms with Gasteiger partial charge in [0.2, 0.25) is 0 Å². The normalized spacial score (nSPS) is 14.9. The minimum Gasteiger partial charge on any atom is -0.504 e. The maximum atomic E-state index is 12.5. The van der Waals surface area contributed by atoms with Crippen LogP contribution in [0.4, 0.5) is 10.5 Å². The third-order valence-corrected chi connectivity index (χ3v) is 3.82. The van der Waals surface area contributed by atoms with E-state index in [0.717, 1.165) is 19.3 Å². The summed E-state index contributed by atoms with van der Waals surface area (Å²) < 4.78 is 4.69. The number of methoxy groups -OCH3 is 1. The summed E-state index contributed by atoms with van der Waals surface area (Å²) in [5.74, 6) is -1.24. The Balaban J connectivity index is 0.00000264. The average molecular weight is 345 g/mol. The summed E-state index contributed by atoms with van der Waals surface area (Å²) in [6.45, 7) is 1.54. The van der Waals surface area contributed by atoms with Gasteiger partial charge in [0, 0.05) is 12.1 Å². The molecule has 1 aromatic rings. The first-order valence-corrected chi connectivity index (χ1v) is 7.13. The van der Waals surface area contributed by atoms with Crippen molar-refractivity contribution in [1.29, 1.82) is 0 Å². The number of hydrogen-bond acceptors (Lipinski definition) is 5. The molecular weight excluding hydrogens is 324 g/mol. The number of hydrogen-bond donors (Lipinski definition) is 3. The molecule has 0 aromatic heterocycles. The van der Waals surface area contributed by atoms with E-state index in [2.05, 4.69) is 5.32 Å². The van der Waals surface area contributed by atoms with E-state index >= 15 is 0 Å². The molecule has 1 aromatic carbocycles. The smallest absolute Gasteiger partial charge is 0.328 e. The van der Waals surface area contributed by atoms with Gasteiger partial charge in [0.05, 0.1) is 12.8 Å². The number of amides is 2. The minimum atomic E-state index is -0.867. The van der Waals surface area contributed by atoms with Crippen molar-refractivity contribution in [3.63, 3.8) is 0 Å². The lowest BCUT2D eigenvalue weighted by Gasteiger charge is -2.33. The molecule has 2 rings (SSSR count). The van der Waals surface area contributed by atoms with Gasteiger partial charge in [-0.3, -0.25) is 4.90 Å². The van der Waals surface area contributed by atoms with Gasteiger partial charge >= 0.3 is 12.0 Å². The summed E-state index contributed by atoms with van der Waals surface area (Å²) in [6.07, 6.45) is 2.89. The van der Waals surface area contributed by atoms with Crippen LogP contribution in [0.1, 0.15) is 26.2 Å². The van der Waals surface area contributed by atoms with Crippen molar-refractivity contribution in [3.05, 3.63) is 18.2 Å². The second kappa shape index (κ2) is 7.92. The Bertz CT molecular complexity index is 577. The number of phenols is 2. The van der Waals surface area contributed by atoms with Crippen LogP contribution < -0.4 is 10.2 Å². The Kier molecular flexibility index (Phi) is 6.50. The molecule has 0 bridgehead atoms. The fraction of sp³-hybridized carbons (Fsp3) is 0.467. The second-order valence-electron chi connectivity index (χ2n) is 5.32. The van der Waals surface area contributed by atoms with Crippen LogP contribution in [-0.4, -0.2) is 41.4 Å². The molecule has 23 heavy (non-hydrogen) atoms. The zero-order chi connectivity index (χ0) is 16.3. The topological polar surface area (TPSA) is 99.1 Å². The number of halogens is 1. The van der Waals surface area contributed by atoms with Gasteiger partial charge in [-0.15, -0.1) is 12.4 Å². The number of urea groups is 1. The van der Waals surface area contributed by atoms with Crippen LogP contribution >= 0.6 is 12.4 Å². The monoisotopic (exact) mass is 344 g/mol. The van der Waals surface area contributed by atoms with E-state index < -0.39 is 18.0 Å². The zero-order valence-corrected chi connectivity index (χ0v) is 13.8. The molecule has 0 spiro atoms. The van der Waals surface area contributed by atoms with E-state index in [1.54, 1.807) is 0 Å². The molecule has 2 amide bonds. The number of anilines is 1. The second-order valence-corrected chi connectivity index (χ2v) is 5.32. The highest BCUT2D eigenvalue weighted by Crippen LogP contribution is 2.31. The lowest BCUT2D eigenvalue weighted by atomic mass is 9.93. The summed E-state index contributed by atoms with van der Waals surface area (Å²) in [6, 6.07) is 2.75. The molecule has 8 heteroatoms. The van der Waals surface area contributed by atoms with Gasteiger partial charge < -0.3 is 20.3 Å². The fourth-order valence-electron chi connectivity index (χ4n) is 2.25. The minimum absolute atomic E-state index is 0. The van der Waals surface area contributed by atoms with Gasteiger partial charge in [-0.1, -0.05) is 0 Å². The van der Waals surface area contributed by atoms with Crippen molar-refractivity contribution in [2.24, 2.45) is 0 Å². The standard InChI is InChI=1S/C15H20N2O5.ClH/c1-9(14(20)22-2)17(15(21)16-10-4-3-5-10)11-6-7-12(18)13(19)8-11;/h6-10,18-19H,3-5H2,1-2H3,(H,16,21);1H. The van der Waals surface area contributed by atoms with Crippen LogP contribution in [0.25, 0.3) is 0 Å². The molecule has 1 atom stereocenters. The molecule has 0 radical (unpaired) electrons. The summed E-state index contributed by atoms with van der Waals surface area (Å²) in [7, 11) is 1.25. The summed E-state index contributed by atoms with van der Waals surface area (Å²) >= 11 is 0. The number of carbonyl (C=O) groups excluding carboxylic acids is 2. The molecule has 0 saturated heterocycles. The molecule has 1 aliphatic rings. The van der Waals surface area contributed by atoms with Crippen LogP contribution in [0.3, 0.4) is 0 Å². The molecule has 3 N–H and O–H groups in total. The predicted molar refractivity (Wildman–Crippen MR) is 87.1 cm³/mol. The lowest BCUT2D eigenvalue weighted by Crippen LogP contribution is -2.52. The third-order valence-electron chi connectivity index (χ3n) is 3.82. The van der Waals surface area contributed by atoms with Crippen molar-refractivity contribution in [3.8, 4) is 11.5 Å². The van der Waals surface area contributed by atoms with E-state index in [-0.39, 0.29) is 29.9 Å². The number of phenolic OH excluding ortho intramolecular Hbond substituents is 2. The van der Waals surface area contributed by atoms with Crippen molar-refractivity contribution in [2.45, 2.75) is 38.3 Å². The number of nitrogens with zero attached hydrogens (tertiary/aromatic N) is 1. The molecule has 1 aliphatic carbocycles. The van der Waals surface area contributed by atoms with Crippen molar-refractivity contribution < 1.29 is 24.5 Å².